The van der Waals surface area contributed by atoms with Gasteiger partial charge in [0, 0.05) is 11.7 Å². The molecule has 6 heteroatoms. The van der Waals surface area contributed by atoms with Crippen molar-refractivity contribution in [3.63, 3.8) is 0 Å². The molecule has 0 bridgehead atoms. The van der Waals surface area contributed by atoms with Gasteiger partial charge in [0.05, 0.1) is 12.1 Å². The minimum atomic E-state index is 0.444. The maximum Gasteiger partial charge on any atom is 0.170 e. The van der Waals surface area contributed by atoms with Crippen molar-refractivity contribution in [2.24, 2.45) is 0 Å². The fourth-order valence-corrected chi connectivity index (χ4v) is 2.79. The first-order chi connectivity index (χ1) is 9.58. The molecular formula is C14H20ClN3OS. The summed E-state index contributed by atoms with van der Waals surface area (Å²) in [6.07, 6.45) is 2.23. The van der Waals surface area contributed by atoms with Crippen LogP contribution in [0.2, 0.25) is 5.02 Å². The van der Waals surface area contributed by atoms with Crippen LogP contribution in [-0.2, 0) is 0 Å². The number of rotatable bonds is 3. The Morgan fingerprint density at radius 2 is 2.10 bits per heavy atom. The molecule has 0 amide bonds. The Bertz CT molecular complexity index is 475. The van der Waals surface area contributed by atoms with Gasteiger partial charge in [0.2, 0.25) is 0 Å². The summed E-state index contributed by atoms with van der Waals surface area (Å²) in [4.78, 5) is 2.33. The molecule has 1 aromatic rings. The number of anilines is 1. The third kappa shape index (κ3) is 4.23. The zero-order chi connectivity index (χ0) is 14.5. The molecule has 1 aliphatic rings. The molecule has 1 fully saturated rings. The quantitative estimate of drug-likeness (QED) is 0.839. The van der Waals surface area contributed by atoms with Crippen LogP contribution in [0.15, 0.2) is 18.2 Å². The standard InChI is InChI=1S/C14H20ClN3OS/c1-18-7-5-10(6-8-18)16-14(20)17-11-3-4-13(19-2)12(15)9-11/h3-4,9-10H,5-8H2,1-2H3,(H2,16,17,20). The summed E-state index contributed by atoms with van der Waals surface area (Å²) in [5.74, 6) is 0.659. The Balaban J connectivity index is 1.86. The largest absolute Gasteiger partial charge is 0.495 e. The van der Waals surface area contributed by atoms with E-state index in [0.29, 0.717) is 21.9 Å². The number of piperidine rings is 1. The summed E-state index contributed by atoms with van der Waals surface area (Å²) >= 11 is 11.4. The second kappa shape index (κ2) is 7.11. The van der Waals surface area contributed by atoms with Crippen molar-refractivity contribution in [2.45, 2.75) is 18.9 Å². The van der Waals surface area contributed by atoms with Crippen LogP contribution < -0.4 is 15.4 Å². The van der Waals surface area contributed by atoms with Crippen molar-refractivity contribution in [1.29, 1.82) is 0 Å². The minimum Gasteiger partial charge on any atom is -0.495 e. The van der Waals surface area contributed by atoms with E-state index in [9.17, 15) is 0 Å². The molecule has 0 radical (unpaired) electrons. The molecule has 2 rings (SSSR count). The highest BCUT2D eigenvalue weighted by molar-refractivity contribution is 7.80. The SMILES string of the molecule is COc1ccc(NC(=S)NC2CCN(C)CC2)cc1Cl. The molecule has 1 aliphatic heterocycles. The number of likely N-dealkylation sites (tertiary alicyclic amines) is 1. The van der Waals surface area contributed by atoms with E-state index in [4.69, 9.17) is 28.6 Å². The number of halogens is 1. The number of ether oxygens (including phenoxy) is 1. The van der Waals surface area contributed by atoms with Crippen molar-refractivity contribution in [2.75, 3.05) is 32.6 Å². The van der Waals surface area contributed by atoms with Gasteiger partial charge in [0.25, 0.3) is 0 Å². The van der Waals surface area contributed by atoms with Gasteiger partial charge >= 0.3 is 0 Å². The lowest BCUT2D eigenvalue weighted by molar-refractivity contribution is 0.247. The summed E-state index contributed by atoms with van der Waals surface area (Å²) in [7, 11) is 3.74. The van der Waals surface area contributed by atoms with Gasteiger partial charge in [0.15, 0.2) is 5.11 Å². The van der Waals surface area contributed by atoms with Gasteiger partial charge in [-0.3, -0.25) is 0 Å². The van der Waals surface area contributed by atoms with E-state index in [2.05, 4.69) is 22.6 Å². The lowest BCUT2D eigenvalue weighted by atomic mass is 10.1. The maximum atomic E-state index is 6.09. The van der Waals surface area contributed by atoms with Crippen molar-refractivity contribution in [1.82, 2.24) is 10.2 Å². The van der Waals surface area contributed by atoms with E-state index in [0.717, 1.165) is 31.6 Å². The van der Waals surface area contributed by atoms with Crippen LogP contribution in [0, 0.1) is 0 Å². The topological polar surface area (TPSA) is 36.5 Å². The molecule has 4 nitrogen and oxygen atoms in total. The summed E-state index contributed by atoms with van der Waals surface area (Å²) in [6.45, 7) is 2.21. The van der Waals surface area contributed by atoms with Gasteiger partial charge in [0.1, 0.15) is 5.75 Å². The van der Waals surface area contributed by atoms with Crippen LogP contribution in [-0.4, -0.2) is 43.3 Å². The molecule has 0 atom stereocenters. The summed E-state index contributed by atoms with van der Waals surface area (Å²) in [6, 6.07) is 5.97. The van der Waals surface area contributed by atoms with Gasteiger partial charge in [-0.2, -0.15) is 0 Å². The number of benzene rings is 1. The number of nitrogens with one attached hydrogen (secondary N) is 2. The number of hydrogen-bond donors (Lipinski definition) is 2. The zero-order valence-electron chi connectivity index (χ0n) is 11.8. The van der Waals surface area contributed by atoms with Crippen LogP contribution in [0.1, 0.15) is 12.8 Å². The smallest absolute Gasteiger partial charge is 0.170 e. The predicted octanol–water partition coefficient (Wildman–Crippen LogP) is 2.73. The highest BCUT2D eigenvalue weighted by Gasteiger charge is 2.17. The molecule has 1 heterocycles. The van der Waals surface area contributed by atoms with Gasteiger partial charge < -0.3 is 20.3 Å². The zero-order valence-corrected chi connectivity index (χ0v) is 13.4. The molecule has 0 aromatic heterocycles. The molecule has 110 valence electrons. The van der Waals surface area contributed by atoms with Crippen molar-refractivity contribution < 1.29 is 4.74 Å². The third-order valence-corrected chi connectivity index (χ3v) is 3.98. The Hall–Kier alpha value is -1.04. The molecule has 1 aromatic carbocycles. The van der Waals surface area contributed by atoms with Crippen molar-refractivity contribution in [3.05, 3.63) is 23.2 Å². The molecule has 0 unspecified atom stereocenters. The fraction of sp³-hybridized carbons (Fsp3) is 0.500. The third-order valence-electron chi connectivity index (χ3n) is 3.46. The van der Waals surface area contributed by atoms with Crippen LogP contribution in [0.25, 0.3) is 0 Å². The first kappa shape index (κ1) is 15.4. The van der Waals surface area contributed by atoms with Crippen molar-refractivity contribution in [3.8, 4) is 5.75 Å². The number of nitrogens with zero attached hydrogens (tertiary/aromatic N) is 1. The first-order valence-corrected chi connectivity index (χ1v) is 7.46. The van der Waals surface area contributed by atoms with Gasteiger partial charge in [-0.15, -0.1) is 0 Å². The normalized spacial score (nSPS) is 16.8. The van der Waals surface area contributed by atoms with E-state index in [1.807, 2.05) is 18.2 Å². The lowest BCUT2D eigenvalue weighted by Crippen LogP contribution is -2.44. The van der Waals surface area contributed by atoms with Crippen LogP contribution in [0.3, 0.4) is 0 Å². The summed E-state index contributed by atoms with van der Waals surface area (Å²) in [5.41, 5.74) is 0.862. The van der Waals surface area contributed by atoms with Crippen LogP contribution in [0.5, 0.6) is 5.75 Å². The van der Waals surface area contributed by atoms with Crippen LogP contribution in [0.4, 0.5) is 5.69 Å². The van der Waals surface area contributed by atoms with E-state index in [1.54, 1.807) is 7.11 Å². The van der Waals surface area contributed by atoms with E-state index in [-0.39, 0.29) is 0 Å². The Kier molecular flexibility index (Phi) is 5.46. The number of thiocarbonyl (C=S) groups is 1. The first-order valence-electron chi connectivity index (χ1n) is 6.68. The van der Waals surface area contributed by atoms with E-state index >= 15 is 0 Å². The molecular weight excluding hydrogens is 294 g/mol. The monoisotopic (exact) mass is 313 g/mol. The van der Waals surface area contributed by atoms with Gasteiger partial charge in [-0.25, -0.2) is 0 Å². The average molecular weight is 314 g/mol. The molecule has 20 heavy (non-hydrogen) atoms. The van der Waals surface area contributed by atoms with Crippen LogP contribution >= 0.6 is 23.8 Å². The Labute approximate surface area is 130 Å². The van der Waals surface area contributed by atoms with Gasteiger partial charge in [-0.05, 0) is 63.4 Å². The highest BCUT2D eigenvalue weighted by Crippen LogP contribution is 2.27. The van der Waals surface area contributed by atoms with E-state index in [1.165, 1.54) is 0 Å². The number of hydrogen-bond acceptors (Lipinski definition) is 3. The van der Waals surface area contributed by atoms with Crippen molar-refractivity contribution >= 4 is 34.6 Å². The second-order valence-electron chi connectivity index (χ2n) is 5.03. The summed E-state index contributed by atoms with van der Waals surface area (Å²) in [5, 5.41) is 7.72. The molecule has 0 saturated carbocycles. The second-order valence-corrected chi connectivity index (χ2v) is 5.84. The van der Waals surface area contributed by atoms with Gasteiger partial charge in [-0.1, -0.05) is 11.6 Å². The molecule has 1 saturated heterocycles. The highest BCUT2D eigenvalue weighted by atomic mass is 35.5. The molecule has 0 aliphatic carbocycles. The predicted molar refractivity (Wildman–Crippen MR) is 87.9 cm³/mol. The lowest BCUT2D eigenvalue weighted by Gasteiger charge is -2.30. The molecule has 2 N–H and O–H groups in total. The maximum absolute atomic E-state index is 6.09. The summed E-state index contributed by atoms with van der Waals surface area (Å²) < 4.78 is 5.12. The molecule has 0 spiro atoms. The van der Waals surface area contributed by atoms with E-state index < -0.39 is 0 Å². The Morgan fingerprint density at radius 1 is 1.40 bits per heavy atom. The average Bonchev–Trinajstić information content (AvgIpc) is 2.41. The number of methoxy groups -OCH3 is 1. The Morgan fingerprint density at radius 3 is 2.70 bits per heavy atom. The fourth-order valence-electron chi connectivity index (χ4n) is 2.25. The minimum absolute atomic E-state index is 0.444.